The van der Waals surface area contributed by atoms with Gasteiger partial charge in [0.15, 0.2) is 0 Å². The number of nitrogens with one attached hydrogen (secondary N) is 1. The van der Waals surface area contributed by atoms with Gasteiger partial charge in [-0.2, -0.15) is 0 Å². The first-order valence-electron chi connectivity index (χ1n) is 7.41. The second kappa shape index (κ2) is 5.08. The van der Waals surface area contributed by atoms with E-state index in [4.69, 9.17) is 0 Å². The molecular weight excluding hydrogens is 298 g/mol. The van der Waals surface area contributed by atoms with E-state index in [0.29, 0.717) is 13.1 Å². The Hall–Kier alpha value is -2.90. The zero-order valence-corrected chi connectivity index (χ0v) is 12.3. The maximum absolute atomic E-state index is 12.3. The van der Waals surface area contributed by atoms with Gasteiger partial charge in [0.1, 0.15) is 6.54 Å². The number of likely N-dealkylation sites (tertiary alicyclic amines) is 1. The molecule has 2 aliphatic rings. The molecule has 0 aliphatic carbocycles. The Morgan fingerprint density at radius 2 is 2.04 bits per heavy atom. The lowest BCUT2D eigenvalue weighted by molar-refractivity contribution is -0.142. The smallest absolute Gasteiger partial charge is 0.324 e. The van der Waals surface area contributed by atoms with Crippen LogP contribution < -0.4 is 5.32 Å². The molecule has 118 valence electrons. The second-order valence-corrected chi connectivity index (χ2v) is 5.74. The van der Waals surface area contributed by atoms with Crippen molar-refractivity contribution in [3.8, 4) is 0 Å². The Kier molecular flexibility index (Phi) is 3.03. The summed E-state index contributed by atoms with van der Waals surface area (Å²) >= 11 is 0. The molecule has 8 nitrogen and oxygen atoms in total. The van der Waals surface area contributed by atoms with Gasteiger partial charge in [0.25, 0.3) is 0 Å². The number of amides is 4. The third-order valence-electron chi connectivity index (χ3n) is 4.29. The normalized spacial score (nSPS) is 18.4. The molecule has 0 radical (unpaired) electrons. The van der Waals surface area contributed by atoms with Crippen LogP contribution in [0.2, 0.25) is 0 Å². The van der Waals surface area contributed by atoms with Crippen LogP contribution in [0.1, 0.15) is 0 Å². The number of urea groups is 1. The molecular formula is C15H15N5O3. The van der Waals surface area contributed by atoms with Gasteiger partial charge in [-0.1, -0.05) is 12.1 Å². The van der Waals surface area contributed by atoms with E-state index in [1.807, 2.05) is 24.3 Å². The lowest BCUT2D eigenvalue weighted by atomic mass is 10.1. The summed E-state index contributed by atoms with van der Waals surface area (Å²) in [7, 11) is 0. The van der Waals surface area contributed by atoms with Crippen LogP contribution in [0, 0.1) is 0 Å². The van der Waals surface area contributed by atoms with Gasteiger partial charge in [0, 0.05) is 13.1 Å². The number of hydrogen-bond donors (Lipinski definition) is 1. The molecule has 1 aromatic carbocycles. The first-order chi connectivity index (χ1) is 11.1. The van der Waals surface area contributed by atoms with Gasteiger partial charge in [0.05, 0.1) is 29.9 Å². The zero-order chi connectivity index (χ0) is 16.0. The van der Waals surface area contributed by atoms with Crippen LogP contribution in [-0.2, 0) is 16.1 Å². The summed E-state index contributed by atoms with van der Waals surface area (Å²) in [5, 5.41) is 2.49. The predicted octanol–water partition coefficient (Wildman–Crippen LogP) is -0.201. The van der Waals surface area contributed by atoms with Gasteiger partial charge in [-0.25, -0.2) is 9.78 Å². The summed E-state index contributed by atoms with van der Waals surface area (Å²) in [5.41, 5.74) is 1.76. The van der Waals surface area contributed by atoms with Gasteiger partial charge in [-0.3, -0.25) is 14.5 Å². The molecule has 0 atom stereocenters. The van der Waals surface area contributed by atoms with E-state index < -0.39 is 0 Å². The van der Waals surface area contributed by atoms with Crippen LogP contribution in [0.4, 0.5) is 4.79 Å². The van der Waals surface area contributed by atoms with Gasteiger partial charge in [-0.15, -0.1) is 0 Å². The zero-order valence-electron chi connectivity index (χ0n) is 12.3. The quantitative estimate of drug-likeness (QED) is 0.795. The summed E-state index contributed by atoms with van der Waals surface area (Å²) < 4.78 is 1.80. The van der Waals surface area contributed by atoms with Crippen molar-refractivity contribution in [2.75, 3.05) is 19.6 Å². The van der Waals surface area contributed by atoms with Crippen LogP contribution in [0.3, 0.4) is 0 Å². The number of hydrogen-bond acceptors (Lipinski definition) is 4. The van der Waals surface area contributed by atoms with Crippen molar-refractivity contribution in [1.29, 1.82) is 0 Å². The Balaban J connectivity index is 1.40. The summed E-state index contributed by atoms with van der Waals surface area (Å²) in [6.07, 6.45) is 1.65. The van der Waals surface area contributed by atoms with Crippen LogP contribution in [0.25, 0.3) is 11.0 Å². The molecule has 0 unspecified atom stereocenters. The fourth-order valence-corrected chi connectivity index (χ4v) is 3.01. The number of carbonyl (C=O) groups excluding carboxylic acids is 3. The minimum atomic E-state index is -0.368. The molecule has 0 saturated carbocycles. The highest BCUT2D eigenvalue weighted by atomic mass is 16.2. The van der Waals surface area contributed by atoms with Crippen molar-refractivity contribution in [2.24, 2.45) is 0 Å². The maximum Gasteiger partial charge on any atom is 0.324 e. The number of para-hydroxylation sites is 2. The lowest BCUT2D eigenvalue weighted by Crippen LogP contribution is -2.62. The molecule has 4 amide bonds. The molecule has 2 saturated heterocycles. The number of nitrogens with zero attached hydrogens (tertiary/aromatic N) is 4. The van der Waals surface area contributed by atoms with Gasteiger partial charge in [0.2, 0.25) is 11.8 Å². The van der Waals surface area contributed by atoms with Crippen molar-refractivity contribution in [1.82, 2.24) is 24.7 Å². The van der Waals surface area contributed by atoms with E-state index in [9.17, 15) is 14.4 Å². The van der Waals surface area contributed by atoms with Crippen LogP contribution in [0.5, 0.6) is 0 Å². The van der Waals surface area contributed by atoms with E-state index in [-0.39, 0.29) is 37.0 Å². The Labute approximate surface area is 131 Å². The Morgan fingerprint density at radius 3 is 2.78 bits per heavy atom. The van der Waals surface area contributed by atoms with E-state index in [1.54, 1.807) is 15.8 Å². The van der Waals surface area contributed by atoms with Gasteiger partial charge in [-0.05, 0) is 12.1 Å². The first kappa shape index (κ1) is 13.7. The monoisotopic (exact) mass is 313 g/mol. The number of rotatable bonds is 3. The molecule has 0 spiro atoms. The average molecular weight is 313 g/mol. The van der Waals surface area contributed by atoms with E-state index in [0.717, 1.165) is 11.0 Å². The van der Waals surface area contributed by atoms with Crippen LogP contribution >= 0.6 is 0 Å². The molecule has 0 bridgehead atoms. The highest BCUT2D eigenvalue weighted by molar-refractivity contribution is 6.02. The third-order valence-corrected chi connectivity index (χ3v) is 4.29. The largest absolute Gasteiger partial charge is 0.337 e. The second-order valence-electron chi connectivity index (χ2n) is 5.74. The topological polar surface area (TPSA) is 87.5 Å². The number of fused-ring (bicyclic) bond motifs is 1. The summed E-state index contributed by atoms with van der Waals surface area (Å²) in [5.74, 6) is -0.274. The number of aromatic nitrogens is 2. The average Bonchev–Trinajstić information content (AvgIpc) is 3.04. The predicted molar refractivity (Wildman–Crippen MR) is 80.3 cm³/mol. The summed E-state index contributed by atoms with van der Waals surface area (Å²) in [4.78, 5) is 42.7. The maximum atomic E-state index is 12.3. The molecule has 4 rings (SSSR count). The van der Waals surface area contributed by atoms with Crippen molar-refractivity contribution in [3.63, 3.8) is 0 Å². The summed E-state index contributed by atoms with van der Waals surface area (Å²) in [6.45, 7) is 1.03. The number of benzene rings is 1. The van der Waals surface area contributed by atoms with Crippen LogP contribution in [-0.4, -0.2) is 62.9 Å². The highest BCUT2D eigenvalue weighted by Crippen LogP contribution is 2.19. The molecule has 1 N–H and O–H groups in total. The van der Waals surface area contributed by atoms with Gasteiger partial charge >= 0.3 is 6.03 Å². The third kappa shape index (κ3) is 2.23. The van der Waals surface area contributed by atoms with E-state index in [1.165, 1.54) is 4.90 Å². The first-order valence-corrected chi connectivity index (χ1v) is 7.41. The SMILES string of the molecule is O=C(Cn1cnc2ccccc21)N1CC(N2C(=O)CNC2=O)C1. The molecule has 2 aromatic rings. The van der Waals surface area contributed by atoms with Gasteiger partial charge < -0.3 is 14.8 Å². The molecule has 23 heavy (non-hydrogen) atoms. The minimum absolute atomic E-state index is 0.0449. The Morgan fingerprint density at radius 1 is 1.26 bits per heavy atom. The van der Waals surface area contributed by atoms with E-state index >= 15 is 0 Å². The van der Waals surface area contributed by atoms with Crippen LogP contribution in [0.15, 0.2) is 30.6 Å². The van der Waals surface area contributed by atoms with Crippen molar-refractivity contribution in [2.45, 2.75) is 12.6 Å². The van der Waals surface area contributed by atoms with E-state index in [2.05, 4.69) is 10.3 Å². The highest BCUT2D eigenvalue weighted by Gasteiger charge is 2.42. The lowest BCUT2D eigenvalue weighted by Gasteiger charge is -2.42. The Bertz CT molecular complexity index is 792. The number of imidazole rings is 1. The molecule has 2 aliphatic heterocycles. The molecule has 3 heterocycles. The standard InChI is InChI=1S/C15H15N5O3/c21-13-5-16-15(23)20(13)10-6-18(7-10)14(22)8-19-9-17-11-3-1-2-4-12(11)19/h1-4,9-10H,5-8H2,(H,16,23). The molecule has 8 heteroatoms. The fraction of sp³-hybridized carbons (Fsp3) is 0.333. The molecule has 2 fully saturated rings. The van der Waals surface area contributed by atoms with Crippen molar-refractivity contribution < 1.29 is 14.4 Å². The minimum Gasteiger partial charge on any atom is -0.337 e. The number of carbonyl (C=O) groups is 3. The number of imide groups is 1. The van der Waals surface area contributed by atoms with Crippen molar-refractivity contribution in [3.05, 3.63) is 30.6 Å². The molecule has 1 aromatic heterocycles. The van der Waals surface area contributed by atoms with Crippen molar-refractivity contribution >= 4 is 28.9 Å². The fourth-order valence-electron chi connectivity index (χ4n) is 3.01. The summed E-state index contributed by atoms with van der Waals surface area (Å²) in [6, 6.07) is 7.04.